The van der Waals surface area contributed by atoms with Crippen molar-refractivity contribution in [1.82, 2.24) is 9.97 Å². The molecule has 1 aromatic heterocycles. The number of aromatic nitrogens is 2. The predicted octanol–water partition coefficient (Wildman–Crippen LogP) is 3.54. The van der Waals surface area contributed by atoms with Crippen molar-refractivity contribution in [2.24, 2.45) is 0 Å². The quantitative estimate of drug-likeness (QED) is 0.936. The highest BCUT2D eigenvalue weighted by Crippen LogP contribution is 2.37. The normalized spacial score (nSPS) is 10.1. The molecule has 2 aromatic rings. The Kier molecular flexibility index (Phi) is 4.29. The molecule has 0 spiro atoms. The number of ether oxygens (including phenoxy) is 2. The highest BCUT2D eigenvalue weighted by atomic mass is 35.5. The van der Waals surface area contributed by atoms with Gasteiger partial charge < -0.3 is 14.8 Å². The first kappa shape index (κ1) is 13.7. The minimum atomic E-state index is 0.296. The summed E-state index contributed by atoms with van der Waals surface area (Å²) in [5, 5.41) is 3.80. The zero-order valence-electron chi connectivity index (χ0n) is 10.3. The maximum Gasteiger partial charge on any atom is 0.150 e. The summed E-state index contributed by atoms with van der Waals surface area (Å²) in [4.78, 5) is 8.03. The van der Waals surface area contributed by atoms with Crippen LogP contribution in [-0.2, 0) is 0 Å². The predicted molar refractivity (Wildman–Crippen MR) is 74.9 cm³/mol. The molecule has 0 bridgehead atoms. The molecule has 1 heterocycles. The van der Waals surface area contributed by atoms with Crippen LogP contribution in [0.25, 0.3) is 0 Å². The number of nitrogens with one attached hydrogen (secondary N) is 1. The first-order valence-corrected chi connectivity index (χ1v) is 6.05. The van der Waals surface area contributed by atoms with Gasteiger partial charge in [-0.2, -0.15) is 0 Å². The lowest BCUT2D eigenvalue weighted by Gasteiger charge is -2.13. The zero-order valence-corrected chi connectivity index (χ0v) is 11.8. The van der Waals surface area contributed by atoms with Crippen molar-refractivity contribution in [2.45, 2.75) is 0 Å². The van der Waals surface area contributed by atoms with Crippen LogP contribution in [0.3, 0.4) is 0 Å². The van der Waals surface area contributed by atoms with Crippen LogP contribution in [0.4, 0.5) is 11.5 Å². The van der Waals surface area contributed by atoms with Gasteiger partial charge in [0.2, 0.25) is 0 Å². The molecule has 0 atom stereocenters. The van der Waals surface area contributed by atoms with E-state index < -0.39 is 0 Å². The molecule has 0 unspecified atom stereocenters. The number of hydrogen-bond donors (Lipinski definition) is 1. The van der Waals surface area contributed by atoms with Crippen LogP contribution in [-0.4, -0.2) is 24.2 Å². The molecule has 0 amide bonds. The molecule has 100 valence electrons. The summed E-state index contributed by atoms with van der Waals surface area (Å²) in [6.45, 7) is 0. The van der Waals surface area contributed by atoms with Crippen LogP contribution < -0.4 is 14.8 Å². The SMILES string of the molecule is COc1cc(Nc2cncc(Cl)n2)c(OC)cc1Cl. The molecule has 19 heavy (non-hydrogen) atoms. The number of benzene rings is 1. The van der Waals surface area contributed by atoms with Crippen LogP contribution >= 0.6 is 23.2 Å². The van der Waals surface area contributed by atoms with Crippen molar-refractivity contribution in [3.8, 4) is 11.5 Å². The fraction of sp³-hybridized carbons (Fsp3) is 0.167. The Balaban J connectivity index is 2.38. The van der Waals surface area contributed by atoms with Gasteiger partial charge in [-0.15, -0.1) is 0 Å². The Morgan fingerprint density at radius 3 is 2.42 bits per heavy atom. The number of anilines is 2. The summed E-state index contributed by atoms with van der Waals surface area (Å²) in [5.41, 5.74) is 0.653. The van der Waals surface area contributed by atoms with Gasteiger partial charge in [0.05, 0.1) is 37.3 Å². The minimum Gasteiger partial charge on any atom is -0.495 e. The van der Waals surface area contributed by atoms with E-state index >= 15 is 0 Å². The molecule has 0 aliphatic carbocycles. The molecule has 0 fully saturated rings. The van der Waals surface area contributed by atoms with Gasteiger partial charge >= 0.3 is 0 Å². The van der Waals surface area contributed by atoms with Crippen molar-refractivity contribution in [3.05, 3.63) is 34.7 Å². The first-order chi connectivity index (χ1) is 9.13. The topological polar surface area (TPSA) is 56.3 Å². The third-order valence-electron chi connectivity index (χ3n) is 2.34. The molecule has 0 saturated heterocycles. The number of rotatable bonds is 4. The van der Waals surface area contributed by atoms with Crippen molar-refractivity contribution >= 4 is 34.7 Å². The number of nitrogens with zero attached hydrogens (tertiary/aromatic N) is 2. The van der Waals surface area contributed by atoms with E-state index in [1.807, 2.05) is 0 Å². The molecule has 0 aliphatic rings. The molecule has 0 saturated carbocycles. The summed E-state index contributed by atoms with van der Waals surface area (Å²) in [5.74, 6) is 1.59. The average Bonchev–Trinajstić information content (AvgIpc) is 2.40. The van der Waals surface area contributed by atoms with Gasteiger partial charge in [-0.05, 0) is 0 Å². The second kappa shape index (κ2) is 5.95. The van der Waals surface area contributed by atoms with Crippen LogP contribution in [0, 0.1) is 0 Å². The van der Waals surface area contributed by atoms with E-state index in [1.54, 1.807) is 25.4 Å². The van der Waals surface area contributed by atoms with Gasteiger partial charge in [-0.1, -0.05) is 23.2 Å². The third kappa shape index (κ3) is 3.19. The van der Waals surface area contributed by atoms with E-state index in [-0.39, 0.29) is 0 Å². The number of methoxy groups -OCH3 is 2. The summed E-state index contributed by atoms with van der Waals surface area (Å²) in [6, 6.07) is 3.37. The number of hydrogen-bond acceptors (Lipinski definition) is 5. The van der Waals surface area contributed by atoms with E-state index in [4.69, 9.17) is 32.7 Å². The monoisotopic (exact) mass is 299 g/mol. The van der Waals surface area contributed by atoms with Crippen LogP contribution in [0.2, 0.25) is 10.2 Å². The van der Waals surface area contributed by atoms with Crippen molar-refractivity contribution < 1.29 is 9.47 Å². The lowest BCUT2D eigenvalue weighted by molar-refractivity contribution is 0.405. The number of halogens is 2. The van der Waals surface area contributed by atoms with Crippen molar-refractivity contribution in [3.63, 3.8) is 0 Å². The van der Waals surface area contributed by atoms with E-state index in [0.717, 1.165) is 0 Å². The van der Waals surface area contributed by atoms with Gasteiger partial charge in [0, 0.05) is 12.1 Å². The first-order valence-electron chi connectivity index (χ1n) is 5.30. The minimum absolute atomic E-state index is 0.296. The molecule has 0 aliphatic heterocycles. The lowest BCUT2D eigenvalue weighted by Crippen LogP contribution is -1.98. The smallest absolute Gasteiger partial charge is 0.150 e. The molecule has 5 nitrogen and oxygen atoms in total. The maximum atomic E-state index is 6.03. The molecule has 7 heteroatoms. The molecule has 0 radical (unpaired) electrons. The third-order valence-corrected chi connectivity index (χ3v) is 2.82. The van der Waals surface area contributed by atoms with Crippen LogP contribution in [0.15, 0.2) is 24.5 Å². The van der Waals surface area contributed by atoms with Gasteiger partial charge in [0.25, 0.3) is 0 Å². The van der Waals surface area contributed by atoms with E-state index in [9.17, 15) is 0 Å². The summed E-state index contributed by atoms with van der Waals surface area (Å²) < 4.78 is 10.4. The fourth-order valence-electron chi connectivity index (χ4n) is 1.50. The average molecular weight is 300 g/mol. The molecular weight excluding hydrogens is 289 g/mol. The van der Waals surface area contributed by atoms with Gasteiger partial charge in [-0.3, -0.25) is 4.98 Å². The molecule has 1 N–H and O–H groups in total. The molecule has 1 aromatic carbocycles. The zero-order chi connectivity index (χ0) is 13.8. The van der Waals surface area contributed by atoms with Gasteiger partial charge in [-0.25, -0.2) is 4.98 Å². The van der Waals surface area contributed by atoms with E-state index in [2.05, 4.69) is 15.3 Å². The van der Waals surface area contributed by atoms with Crippen LogP contribution in [0.1, 0.15) is 0 Å². The Labute approximate surface area is 120 Å². The van der Waals surface area contributed by atoms with E-state index in [0.29, 0.717) is 33.2 Å². The van der Waals surface area contributed by atoms with Crippen LogP contribution in [0.5, 0.6) is 11.5 Å². The Morgan fingerprint density at radius 1 is 1.05 bits per heavy atom. The maximum absolute atomic E-state index is 6.03. The largest absolute Gasteiger partial charge is 0.495 e. The second-order valence-electron chi connectivity index (χ2n) is 3.54. The summed E-state index contributed by atoms with van der Waals surface area (Å²) >= 11 is 11.8. The highest BCUT2D eigenvalue weighted by molar-refractivity contribution is 6.32. The van der Waals surface area contributed by atoms with Crippen molar-refractivity contribution in [1.29, 1.82) is 0 Å². The molecule has 2 rings (SSSR count). The standard InChI is InChI=1S/C12H11Cl2N3O2/c1-18-9-4-8(10(19-2)3-7(9)13)16-12-6-15-5-11(14)17-12/h3-6H,1-2H3,(H,16,17). The fourth-order valence-corrected chi connectivity index (χ4v) is 1.88. The Hall–Kier alpha value is -1.72. The van der Waals surface area contributed by atoms with E-state index in [1.165, 1.54) is 13.3 Å². The van der Waals surface area contributed by atoms with Crippen molar-refractivity contribution in [2.75, 3.05) is 19.5 Å². The Morgan fingerprint density at radius 2 is 1.79 bits per heavy atom. The Bertz CT molecular complexity index is 593. The summed E-state index contributed by atoms with van der Waals surface area (Å²) in [7, 11) is 3.09. The lowest BCUT2D eigenvalue weighted by atomic mass is 10.2. The van der Waals surface area contributed by atoms with Gasteiger partial charge in [0.15, 0.2) is 5.82 Å². The highest BCUT2D eigenvalue weighted by Gasteiger charge is 2.10. The second-order valence-corrected chi connectivity index (χ2v) is 4.33. The van der Waals surface area contributed by atoms with Gasteiger partial charge in [0.1, 0.15) is 16.7 Å². The molecular formula is C12H11Cl2N3O2. The summed E-state index contributed by atoms with van der Waals surface area (Å²) in [6.07, 6.45) is 3.00.